The highest BCUT2D eigenvalue weighted by Crippen LogP contribution is 2.26. The van der Waals surface area contributed by atoms with Crippen molar-refractivity contribution in [2.75, 3.05) is 19.6 Å². The number of nitrogens with one attached hydrogen (secondary N) is 2. The van der Waals surface area contributed by atoms with Gasteiger partial charge >= 0.3 is 6.03 Å². The normalized spacial score (nSPS) is 21.1. The molecule has 0 radical (unpaired) electrons. The third-order valence-electron chi connectivity index (χ3n) is 3.54. The van der Waals surface area contributed by atoms with Crippen LogP contribution < -0.4 is 10.6 Å². The van der Waals surface area contributed by atoms with E-state index in [9.17, 15) is 14.0 Å². The number of rotatable bonds is 4. The molecule has 0 bridgehead atoms. The summed E-state index contributed by atoms with van der Waals surface area (Å²) in [6.45, 7) is 2.62. The Morgan fingerprint density at radius 2 is 2.00 bits per heavy atom. The van der Waals surface area contributed by atoms with Gasteiger partial charge in [-0.3, -0.25) is 4.79 Å². The van der Waals surface area contributed by atoms with Gasteiger partial charge in [0.25, 0.3) is 5.91 Å². The molecule has 5 nitrogen and oxygen atoms in total. The minimum atomic E-state index is -2.00. The first-order valence-corrected chi connectivity index (χ1v) is 7.09. The standard InChI is InChI=1S/C15H20FN3O2/c1-2-17-14(21)19-9-8-15(16,11-19)13(20)18-10-12-6-4-3-5-7-12/h3-7H,2,8-11H2,1H3,(H,17,21)(H,18,20). The largest absolute Gasteiger partial charge is 0.349 e. The van der Waals surface area contributed by atoms with Gasteiger partial charge in [-0.2, -0.15) is 0 Å². The number of nitrogens with zero attached hydrogens (tertiary/aromatic N) is 1. The van der Waals surface area contributed by atoms with Crippen molar-refractivity contribution in [3.05, 3.63) is 35.9 Å². The average Bonchev–Trinajstić information content (AvgIpc) is 2.90. The molecule has 1 atom stereocenters. The van der Waals surface area contributed by atoms with Gasteiger partial charge in [0.1, 0.15) is 0 Å². The summed E-state index contributed by atoms with van der Waals surface area (Å²) >= 11 is 0. The van der Waals surface area contributed by atoms with Gasteiger partial charge < -0.3 is 15.5 Å². The Bertz CT molecular complexity index is 509. The molecule has 0 spiro atoms. The molecule has 3 amide bonds. The number of halogens is 1. The number of urea groups is 1. The fourth-order valence-electron chi connectivity index (χ4n) is 2.33. The zero-order valence-electron chi connectivity index (χ0n) is 12.1. The summed E-state index contributed by atoms with van der Waals surface area (Å²) in [5.41, 5.74) is -1.09. The maximum Gasteiger partial charge on any atom is 0.317 e. The van der Waals surface area contributed by atoms with E-state index >= 15 is 0 Å². The summed E-state index contributed by atoms with van der Waals surface area (Å²) in [6.07, 6.45) is 0.0325. The molecule has 21 heavy (non-hydrogen) atoms. The second-order valence-corrected chi connectivity index (χ2v) is 5.14. The van der Waals surface area contributed by atoms with Crippen LogP contribution in [-0.2, 0) is 11.3 Å². The van der Waals surface area contributed by atoms with Gasteiger partial charge in [-0.05, 0) is 12.5 Å². The molecule has 114 valence electrons. The molecular formula is C15H20FN3O2. The molecule has 0 saturated carbocycles. The second-order valence-electron chi connectivity index (χ2n) is 5.14. The van der Waals surface area contributed by atoms with Crippen molar-refractivity contribution in [3.63, 3.8) is 0 Å². The SMILES string of the molecule is CCNC(=O)N1CCC(F)(C(=O)NCc2ccccc2)C1. The molecule has 1 aromatic rings. The highest BCUT2D eigenvalue weighted by Gasteiger charge is 2.46. The van der Waals surface area contributed by atoms with Crippen LogP contribution in [0.4, 0.5) is 9.18 Å². The lowest BCUT2D eigenvalue weighted by Gasteiger charge is -2.20. The summed E-state index contributed by atoms with van der Waals surface area (Å²) < 4.78 is 14.6. The third-order valence-corrected chi connectivity index (χ3v) is 3.54. The molecule has 0 aliphatic carbocycles. The quantitative estimate of drug-likeness (QED) is 0.882. The minimum Gasteiger partial charge on any atom is -0.349 e. The zero-order chi connectivity index (χ0) is 15.3. The second kappa shape index (κ2) is 6.56. The Labute approximate surface area is 123 Å². The third kappa shape index (κ3) is 3.71. The lowest BCUT2D eigenvalue weighted by atomic mass is 10.0. The van der Waals surface area contributed by atoms with Gasteiger partial charge in [-0.1, -0.05) is 30.3 Å². The van der Waals surface area contributed by atoms with Crippen LogP contribution >= 0.6 is 0 Å². The molecule has 1 heterocycles. The Hall–Kier alpha value is -2.11. The van der Waals surface area contributed by atoms with Gasteiger partial charge in [0.2, 0.25) is 5.67 Å². The first-order valence-electron chi connectivity index (χ1n) is 7.09. The Morgan fingerprint density at radius 1 is 1.29 bits per heavy atom. The molecule has 0 aromatic heterocycles. The van der Waals surface area contributed by atoms with Crippen LogP contribution in [0.3, 0.4) is 0 Å². The lowest BCUT2D eigenvalue weighted by Crippen LogP contribution is -2.47. The van der Waals surface area contributed by atoms with E-state index in [4.69, 9.17) is 0 Å². The Balaban J connectivity index is 1.89. The van der Waals surface area contributed by atoms with Crippen molar-refractivity contribution >= 4 is 11.9 Å². The van der Waals surface area contributed by atoms with E-state index < -0.39 is 11.6 Å². The van der Waals surface area contributed by atoms with E-state index in [0.717, 1.165) is 5.56 Å². The zero-order valence-corrected chi connectivity index (χ0v) is 12.1. The highest BCUT2D eigenvalue weighted by atomic mass is 19.1. The van der Waals surface area contributed by atoms with Gasteiger partial charge in [0, 0.05) is 26.1 Å². The van der Waals surface area contributed by atoms with Crippen LogP contribution in [0.2, 0.25) is 0 Å². The average molecular weight is 293 g/mol. The molecule has 1 aliphatic heterocycles. The van der Waals surface area contributed by atoms with E-state index in [1.54, 1.807) is 6.92 Å². The van der Waals surface area contributed by atoms with Gasteiger partial charge in [-0.25, -0.2) is 9.18 Å². The molecule has 1 fully saturated rings. The number of alkyl halides is 1. The molecule has 2 rings (SSSR count). The molecular weight excluding hydrogens is 273 g/mol. The summed E-state index contributed by atoms with van der Waals surface area (Å²) in [4.78, 5) is 25.0. The van der Waals surface area contributed by atoms with Crippen molar-refractivity contribution < 1.29 is 14.0 Å². The van der Waals surface area contributed by atoms with Gasteiger partial charge in [0.15, 0.2) is 0 Å². The topological polar surface area (TPSA) is 61.4 Å². The monoisotopic (exact) mass is 293 g/mol. The van der Waals surface area contributed by atoms with Crippen molar-refractivity contribution in [1.82, 2.24) is 15.5 Å². The van der Waals surface area contributed by atoms with E-state index in [2.05, 4.69) is 10.6 Å². The van der Waals surface area contributed by atoms with Crippen molar-refractivity contribution in [2.45, 2.75) is 25.6 Å². The summed E-state index contributed by atoms with van der Waals surface area (Å²) in [6, 6.07) is 9.00. The smallest absolute Gasteiger partial charge is 0.317 e. The molecule has 1 unspecified atom stereocenters. The molecule has 2 N–H and O–H groups in total. The van der Waals surface area contributed by atoms with E-state index in [1.807, 2.05) is 30.3 Å². The van der Waals surface area contributed by atoms with Crippen LogP contribution in [0.25, 0.3) is 0 Å². The highest BCUT2D eigenvalue weighted by molar-refractivity contribution is 5.87. The fourth-order valence-corrected chi connectivity index (χ4v) is 2.33. The number of hydrogen-bond acceptors (Lipinski definition) is 2. The van der Waals surface area contributed by atoms with E-state index in [-0.39, 0.29) is 32.1 Å². The van der Waals surface area contributed by atoms with Gasteiger partial charge in [0.05, 0.1) is 6.54 Å². The summed E-state index contributed by atoms with van der Waals surface area (Å²) in [5.74, 6) is -0.654. The van der Waals surface area contributed by atoms with Crippen molar-refractivity contribution in [3.8, 4) is 0 Å². The molecule has 6 heteroatoms. The number of amides is 3. The van der Waals surface area contributed by atoms with Crippen LogP contribution in [-0.4, -0.2) is 42.1 Å². The number of likely N-dealkylation sites (tertiary alicyclic amines) is 1. The first kappa shape index (κ1) is 15.3. The van der Waals surface area contributed by atoms with E-state index in [1.165, 1.54) is 4.90 Å². The van der Waals surface area contributed by atoms with Crippen LogP contribution in [0.15, 0.2) is 30.3 Å². The maximum absolute atomic E-state index is 14.6. The minimum absolute atomic E-state index is 0.0325. The fraction of sp³-hybridized carbons (Fsp3) is 0.467. The predicted octanol–water partition coefficient (Wildman–Crippen LogP) is 1.45. The van der Waals surface area contributed by atoms with Crippen LogP contribution in [0.1, 0.15) is 18.9 Å². The Kier molecular flexibility index (Phi) is 4.77. The predicted molar refractivity (Wildman–Crippen MR) is 77.4 cm³/mol. The van der Waals surface area contributed by atoms with Crippen LogP contribution in [0.5, 0.6) is 0 Å². The summed E-state index contributed by atoms with van der Waals surface area (Å²) in [7, 11) is 0. The molecule has 1 aliphatic rings. The molecule has 1 saturated heterocycles. The number of carbonyl (C=O) groups excluding carboxylic acids is 2. The lowest BCUT2D eigenvalue weighted by molar-refractivity contribution is -0.132. The number of carbonyl (C=O) groups is 2. The number of benzene rings is 1. The van der Waals surface area contributed by atoms with E-state index in [0.29, 0.717) is 6.54 Å². The van der Waals surface area contributed by atoms with Gasteiger partial charge in [-0.15, -0.1) is 0 Å². The molecule has 1 aromatic carbocycles. The van der Waals surface area contributed by atoms with Crippen LogP contribution in [0, 0.1) is 0 Å². The Morgan fingerprint density at radius 3 is 2.67 bits per heavy atom. The van der Waals surface area contributed by atoms with Crippen molar-refractivity contribution in [2.24, 2.45) is 0 Å². The summed E-state index contributed by atoms with van der Waals surface area (Å²) in [5, 5.41) is 5.21. The first-order chi connectivity index (χ1) is 10.0. The van der Waals surface area contributed by atoms with Crippen molar-refractivity contribution in [1.29, 1.82) is 0 Å². The number of hydrogen-bond donors (Lipinski definition) is 2. The maximum atomic E-state index is 14.6.